The predicted molar refractivity (Wildman–Crippen MR) is 90.0 cm³/mol. The first-order chi connectivity index (χ1) is 10.4. The van der Waals surface area contributed by atoms with E-state index in [1.165, 1.54) is 24.4 Å². The molecule has 0 spiro atoms. The molecule has 118 valence electrons. The Morgan fingerprint density at radius 1 is 1.32 bits per heavy atom. The third kappa shape index (κ3) is 4.34. The predicted octanol–water partition coefficient (Wildman–Crippen LogP) is 4.09. The number of halogens is 2. The molecule has 0 amide bonds. The van der Waals surface area contributed by atoms with E-state index in [9.17, 15) is 8.42 Å². The minimum atomic E-state index is -3.75. The first-order valence-electron chi connectivity index (χ1n) is 6.49. The third-order valence-corrected chi connectivity index (χ3v) is 4.87. The molecule has 1 N–H and O–H groups in total. The van der Waals surface area contributed by atoms with Crippen molar-refractivity contribution >= 4 is 43.4 Å². The molecule has 0 fully saturated rings. The van der Waals surface area contributed by atoms with Gasteiger partial charge in [-0.2, -0.15) is 0 Å². The summed E-state index contributed by atoms with van der Waals surface area (Å²) < 4.78 is 33.3. The van der Waals surface area contributed by atoms with Crippen molar-refractivity contribution in [2.24, 2.45) is 0 Å². The van der Waals surface area contributed by atoms with Gasteiger partial charge in [-0.3, -0.25) is 4.72 Å². The van der Waals surface area contributed by atoms with Crippen LogP contribution in [0.1, 0.15) is 13.3 Å². The molecule has 0 bridgehead atoms. The summed E-state index contributed by atoms with van der Waals surface area (Å²) in [5.41, 5.74) is 0. The largest absolute Gasteiger partial charge is 0.492 e. The topological polar surface area (TPSA) is 68.3 Å². The minimum absolute atomic E-state index is 0.0959. The summed E-state index contributed by atoms with van der Waals surface area (Å²) in [6.45, 7) is 2.48. The first-order valence-corrected chi connectivity index (χ1v) is 9.14. The zero-order valence-corrected chi connectivity index (χ0v) is 14.9. The summed E-state index contributed by atoms with van der Waals surface area (Å²) in [6, 6.07) is 7.64. The average Bonchev–Trinajstić information content (AvgIpc) is 2.48. The van der Waals surface area contributed by atoms with Crippen LogP contribution in [-0.4, -0.2) is 20.0 Å². The number of hydrogen-bond acceptors (Lipinski definition) is 4. The average molecular weight is 406 g/mol. The van der Waals surface area contributed by atoms with Crippen LogP contribution in [0.2, 0.25) is 5.02 Å². The van der Waals surface area contributed by atoms with Crippen LogP contribution in [0, 0.1) is 0 Å². The lowest BCUT2D eigenvalue weighted by molar-refractivity contribution is 0.314. The zero-order chi connectivity index (χ0) is 16.2. The molecule has 8 heteroatoms. The van der Waals surface area contributed by atoms with Crippen molar-refractivity contribution < 1.29 is 13.2 Å². The number of aromatic nitrogens is 1. The summed E-state index contributed by atoms with van der Waals surface area (Å²) in [7, 11) is -3.75. The van der Waals surface area contributed by atoms with E-state index in [2.05, 4.69) is 25.6 Å². The van der Waals surface area contributed by atoms with Gasteiger partial charge in [-0.25, -0.2) is 13.4 Å². The maximum absolute atomic E-state index is 12.4. The van der Waals surface area contributed by atoms with Crippen LogP contribution >= 0.6 is 27.5 Å². The Bertz CT molecular complexity index is 751. The number of sulfonamides is 1. The Morgan fingerprint density at radius 3 is 2.73 bits per heavy atom. The Morgan fingerprint density at radius 2 is 2.09 bits per heavy atom. The zero-order valence-electron chi connectivity index (χ0n) is 11.7. The normalized spacial score (nSPS) is 11.2. The highest BCUT2D eigenvalue weighted by atomic mass is 79.9. The Hall–Kier alpha value is -1.31. The number of benzene rings is 1. The lowest BCUT2D eigenvalue weighted by atomic mass is 10.3. The number of anilines is 1. The summed E-state index contributed by atoms with van der Waals surface area (Å²) in [5.74, 6) is 0.678. The number of pyridine rings is 1. The minimum Gasteiger partial charge on any atom is -0.492 e. The van der Waals surface area contributed by atoms with Crippen molar-refractivity contribution in [2.75, 3.05) is 11.3 Å². The smallest absolute Gasteiger partial charge is 0.263 e. The lowest BCUT2D eigenvalue weighted by Gasteiger charge is -2.11. The highest BCUT2D eigenvalue weighted by Gasteiger charge is 2.17. The van der Waals surface area contributed by atoms with Gasteiger partial charge < -0.3 is 4.74 Å². The molecule has 0 unspecified atom stereocenters. The van der Waals surface area contributed by atoms with E-state index in [1.807, 2.05) is 6.92 Å². The summed E-state index contributed by atoms with van der Waals surface area (Å²) >= 11 is 9.06. The Kier molecular flexibility index (Phi) is 5.66. The Balaban J connectivity index is 2.27. The van der Waals surface area contributed by atoms with Crippen molar-refractivity contribution in [3.63, 3.8) is 0 Å². The molecular weight excluding hydrogens is 392 g/mol. The maximum Gasteiger partial charge on any atom is 0.263 e. The van der Waals surface area contributed by atoms with Crippen LogP contribution in [0.5, 0.6) is 5.75 Å². The molecule has 5 nitrogen and oxygen atoms in total. The van der Waals surface area contributed by atoms with E-state index in [4.69, 9.17) is 16.3 Å². The van der Waals surface area contributed by atoms with Crippen LogP contribution in [0.4, 0.5) is 5.82 Å². The number of rotatable bonds is 6. The molecule has 2 rings (SSSR count). The molecule has 0 radical (unpaired) electrons. The second-order valence-corrected chi connectivity index (χ2v) is 7.38. The van der Waals surface area contributed by atoms with Crippen LogP contribution in [-0.2, 0) is 10.0 Å². The van der Waals surface area contributed by atoms with E-state index in [-0.39, 0.29) is 10.7 Å². The van der Waals surface area contributed by atoms with Gasteiger partial charge in [0.15, 0.2) is 0 Å². The number of nitrogens with zero attached hydrogens (tertiary/aromatic N) is 1. The molecule has 1 aromatic heterocycles. The second-order valence-electron chi connectivity index (χ2n) is 4.41. The van der Waals surface area contributed by atoms with Gasteiger partial charge in [0, 0.05) is 12.3 Å². The standard InChI is InChI=1S/C14H14BrClN2O3S/c1-2-7-21-13-8-11(4-5-12(13)15)22(19,20)18-14-6-3-10(16)9-17-14/h3-6,8-9H,2,7H2,1H3,(H,17,18). The molecule has 0 aliphatic heterocycles. The van der Waals surface area contributed by atoms with E-state index in [1.54, 1.807) is 12.1 Å². The maximum atomic E-state index is 12.4. The number of nitrogens with one attached hydrogen (secondary N) is 1. The molecule has 0 atom stereocenters. The van der Waals surface area contributed by atoms with Gasteiger partial charge in [-0.05, 0) is 46.6 Å². The van der Waals surface area contributed by atoms with Crippen LogP contribution in [0.25, 0.3) is 0 Å². The van der Waals surface area contributed by atoms with Gasteiger partial charge in [0.25, 0.3) is 10.0 Å². The SMILES string of the molecule is CCCOc1cc(S(=O)(=O)Nc2ccc(Cl)cn2)ccc1Br. The van der Waals surface area contributed by atoms with Crippen molar-refractivity contribution in [3.8, 4) is 5.75 Å². The van der Waals surface area contributed by atoms with E-state index in [0.29, 0.717) is 21.9 Å². The van der Waals surface area contributed by atoms with Gasteiger partial charge in [0.2, 0.25) is 0 Å². The molecule has 22 heavy (non-hydrogen) atoms. The molecule has 2 aromatic rings. The fourth-order valence-electron chi connectivity index (χ4n) is 1.61. The fourth-order valence-corrected chi connectivity index (χ4v) is 3.10. The van der Waals surface area contributed by atoms with Gasteiger partial charge in [0.1, 0.15) is 11.6 Å². The molecule has 0 aliphatic carbocycles. The van der Waals surface area contributed by atoms with Crippen LogP contribution in [0.3, 0.4) is 0 Å². The monoisotopic (exact) mass is 404 g/mol. The van der Waals surface area contributed by atoms with E-state index in [0.717, 1.165) is 6.42 Å². The van der Waals surface area contributed by atoms with Crippen molar-refractivity contribution in [1.29, 1.82) is 0 Å². The molecule has 1 heterocycles. The molecule has 0 aliphatic rings. The van der Waals surface area contributed by atoms with Crippen LogP contribution < -0.4 is 9.46 Å². The quantitative estimate of drug-likeness (QED) is 0.786. The van der Waals surface area contributed by atoms with Crippen molar-refractivity contribution in [1.82, 2.24) is 4.98 Å². The lowest BCUT2D eigenvalue weighted by Crippen LogP contribution is -2.14. The van der Waals surface area contributed by atoms with Crippen molar-refractivity contribution in [2.45, 2.75) is 18.2 Å². The van der Waals surface area contributed by atoms with Gasteiger partial charge in [-0.1, -0.05) is 18.5 Å². The van der Waals surface area contributed by atoms with Crippen molar-refractivity contribution in [3.05, 3.63) is 46.0 Å². The third-order valence-electron chi connectivity index (χ3n) is 2.64. The first kappa shape index (κ1) is 17.1. The Labute approximate surface area is 142 Å². The van der Waals surface area contributed by atoms with E-state index < -0.39 is 10.0 Å². The van der Waals surface area contributed by atoms with Gasteiger partial charge in [0.05, 0.1) is 21.0 Å². The van der Waals surface area contributed by atoms with E-state index >= 15 is 0 Å². The summed E-state index contributed by atoms with van der Waals surface area (Å²) in [4.78, 5) is 4.01. The highest BCUT2D eigenvalue weighted by Crippen LogP contribution is 2.28. The summed E-state index contributed by atoms with van der Waals surface area (Å²) in [6.07, 6.45) is 2.20. The molecular formula is C14H14BrClN2O3S. The summed E-state index contributed by atoms with van der Waals surface area (Å²) in [5, 5.41) is 0.432. The van der Waals surface area contributed by atoms with Crippen LogP contribution in [0.15, 0.2) is 45.9 Å². The number of hydrogen-bond donors (Lipinski definition) is 1. The molecule has 0 saturated carbocycles. The van der Waals surface area contributed by atoms with Gasteiger partial charge >= 0.3 is 0 Å². The highest BCUT2D eigenvalue weighted by molar-refractivity contribution is 9.10. The van der Waals surface area contributed by atoms with Gasteiger partial charge in [-0.15, -0.1) is 0 Å². The number of ether oxygens (including phenoxy) is 1. The molecule has 1 aromatic carbocycles. The second kappa shape index (κ2) is 7.30. The fraction of sp³-hybridized carbons (Fsp3) is 0.214. The molecule has 0 saturated heterocycles.